The normalized spacial score (nSPS) is 12.6. The minimum Gasteiger partial charge on any atom is -0.490 e. The van der Waals surface area contributed by atoms with Crippen LogP contribution in [0.25, 0.3) is 0 Å². The zero-order valence-corrected chi connectivity index (χ0v) is 21.1. The lowest BCUT2D eigenvalue weighted by Crippen LogP contribution is -2.43. The fraction of sp³-hybridized carbons (Fsp3) is 0.550. The molecule has 0 saturated heterocycles. The number of benzene rings is 1. The number of ether oxygens (including phenoxy) is 3. The molecule has 0 spiro atoms. The molecule has 0 aromatic heterocycles. The number of rotatable bonds is 14. The van der Waals surface area contributed by atoms with Crippen molar-refractivity contribution in [1.82, 2.24) is 0 Å². The molecule has 0 aliphatic carbocycles. The molecule has 1 aromatic carbocycles. The Hall–Kier alpha value is -1.27. The van der Waals surface area contributed by atoms with Crippen molar-refractivity contribution in [2.24, 2.45) is 5.16 Å². The average molecular weight is 595 g/mol. The van der Waals surface area contributed by atoms with Gasteiger partial charge in [-0.2, -0.15) is 26.3 Å². The van der Waals surface area contributed by atoms with Crippen molar-refractivity contribution in [1.29, 1.82) is 0 Å². The highest BCUT2D eigenvalue weighted by molar-refractivity contribution is 6.55. The van der Waals surface area contributed by atoms with Crippen LogP contribution >= 0.6 is 46.4 Å². The maximum Gasteiger partial charge on any atom is 0.437 e. The summed E-state index contributed by atoms with van der Waals surface area (Å²) in [7, 11) is 0. The monoisotopic (exact) mass is 593 g/mol. The summed E-state index contributed by atoms with van der Waals surface area (Å²) in [6, 6.07) is 3.04. The molecule has 0 bridgehead atoms. The Labute approximate surface area is 217 Å². The zero-order chi connectivity index (χ0) is 26.6. The number of halogens is 10. The molecule has 0 aliphatic heterocycles. The maximum atomic E-state index is 12.4. The van der Waals surface area contributed by atoms with Gasteiger partial charge in [0.15, 0.2) is 5.75 Å². The molecule has 0 atom stereocenters. The fourth-order valence-electron chi connectivity index (χ4n) is 2.31. The molecular formula is C20H21Cl4F6NO4. The third-order valence-electron chi connectivity index (χ3n) is 3.86. The highest BCUT2D eigenvalue weighted by Gasteiger charge is 2.59. The first-order chi connectivity index (χ1) is 16.2. The highest BCUT2D eigenvalue weighted by atomic mass is 35.5. The van der Waals surface area contributed by atoms with E-state index in [1.165, 1.54) is 25.1 Å². The van der Waals surface area contributed by atoms with Crippen LogP contribution in [0.2, 0.25) is 10.0 Å². The van der Waals surface area contributed by atoms with Crippen LogP contribution in [0.15, 0.2) is 27.9 Å². The Morgan fingerprint density at radius 3 is 2.06 bits per heavy atom. The van der Waals surface area contributed by atoms with Gasteiger partial charge in [0.2, 0.25) is 0 Å². The topological polar surface area (TPSA) is 49.3 Å². The van der Waals surface area contributed by atoms with Crippen molar-refractivity contribution in [2.75, 3.05) is 26.4 Å². The smallest absolute Gasteiger partial charge is 0.437 e. The minimum absolute atomic E-state index is 0.0600. The summed E-state index contributed by atoms with van der Waals surface area (Å²) < 4.78 is 90.4. The third-order valence-corrected chi connectivity index (χ3v) is 4.73. The van der Waals surface area contributed by atoms with Gasteiger partial charge in [0.25, 0.3) is 0 Å². The number of unbranched alkanes of at least 4 members (excludes halogenated alkanes) is 2. The SMILES string of the molecule is CC(COCCCCCOc1c(Cl)cc(OCC=C(Cl)Cl)cc1Cl)=NOC(C(F)(F)F)C(F)(F)F. The van der Waals surface area contributed by atoms with Crippen molar-refractivity contribution in [3.05, 3.63) is 32.7 Å². The highest BCUT2D eigenvalue weighted by Crippen LogP contribution is 2.37. The Kier molecular flexibility index (Phi) is 13.7. The summed E-state index contributed by atoms with van der Waals surface area (Å²) in [5.74, 6) is 0.678. The minimum atomic E-state index is -5.63. The van der Waals surface area contributed by atoms with Crippen LogP contribution in [-0.2, 0) is 9.57 Å². The molecule has 0 saturated carbocycles. The van der Waals surface area contributed by atoms with Crippen molar-refractivity contribution >= 4 is 52.1 Å². The van der Waals surface area contributed by atoms with Gasteiger partial charge in [-0.1, -0.05) is 51.6 Å². The van der Waals surface area contributed by atoms with Gasteiger partial charge >= 0.3 is 18.5 Å². The second-order valence-electron chi connectivity index (χ2n) is 6.88. The number of alkyl halides is 6. The van der Waals surface area contributed by atoms with Gasteiger partial charge in [-0.05, 0) is 32.3 Å². The first kappa shape index (κ1) is 31.8. The number of oxime groups is 1. The molecule has 1 aromatic rings. The fourth-order valence-corrected chi connectivity index (χ4v) is 3.01. The Bertz CT molecular complexity index is 824. The van der Waals surface area contributed by atoms with Crippen LogP contribution < -0.4 is 9.47 Å². The molecule has 35 heavy (non-hydrogen) atoms. The van der Waals surface area contributed by atoms with Crippen molar-refractivity contribution in [3.8, 4) is 11.5 Å². The summed E-state index contributed by atoms with van der Waals surface area (Å²) in [5, 5.41) is 3.35. The first-order valence-electron chi connectivity index (χ1n) is 9.88. The summed E-state index contributed by atoms with van der Waals surface area (Å²) >= 11 is 23.3. The lowest BCUT2D eigenvalue weighted by molar-refractivity contribution is -0.322. The predicted molar refractivity (Wildman–Crippen MR) is 122 cm³/mol. The molecule has 0 amide bonds. The molecule has 5 nitrogen and oxygen atoms in total. The number of hydrogen-bond donors (Lipinski definition) is 0. The molecule has 15 heteroatoms. The van der Waals surface area contributed by atoms with Crippen molar-refractivity contribution in [3.63, 3.8) is 0 Å². The van der Waals surface area contributed by atoms with Gasteiger partial charge in [0.05, 0.1) is 29.0 Å². The van der Waals surface area contributed by atoms with E-state index in [-0.39, 0.29) is 52.4 Å². The maximum absolute atomic E-state index is 12.4. The molecule has 0 unspecified atom stereocenters. The van der Waals surface area contributed by atoms with E-state index >= 15 is 0 Å². The third kappa shape index (κ3) is 13.0. The summed E-state index contributed by atoms with van der Waals surface area (Å²) in [5.41, 5.74) is -0.176. The largest absolute Gasteiger partial charge is 0.490 e. The van der Waals surface area contributed by atoms with Crippen LogP contribution in [0.4, 0.5) is 26.3 Å². The van der Waals surface area contributed by atoms with Crippen molar-refractivity contribution < 1.29 is 45.4 Å². The van der Waals surface area contributed by atoms with E-state index < -0.39 is 18.5 Å². The second kappa shape index (κ2) is 15.1. The zero-order valence-electron chi connectivity index (χ0n) is 18.1. The van der Waals surface area contributed by atoms with Crippen LogP contribution in [0.5, 0.6) is 11.5 Å². The Morgan fingerprint density at radius 2 is 1.51 bits per heavy atom. The lowest BCUT2D eigenvalue weighted by atomic mass is 10.2. The van der Waals surface area contributed by atoms with E-state index in [9.17, 15) is 26.3 Å². The standard InChI is InChI=1S/C20H21Cl4F6NO4/c1-12(31-35-18(19(25,26)27)20(28,29)30)11-32-6-3-2-4-7-34-17-14(21)9-13(10-15(17)22)33-8-5-16(23)24/h5,9-10,18H,2-4,6-8,11H2,1H3. The molecule has 0 heterocycles. The van der Waals surface area contributed by atoms with Gasteiger partial charge < -0.3 is 19.0 Å². The van der Waals surface area contributed by atoms with Crippen LogP contribution in [0.3, 0.4) is 0 Å². The molecule has 0 aliphatic rings. The van der Waals surface area contributed by atoms with E-state index in [0.717, 1.165) is 0 Å². The van der Waals surface area contributed by atoms with Crippen LogP contribution in [-0.4, -0.2) is 50.6 Å². The van der Waals surface area contributed by atoms with E-state index in [4.69, 9.17) is 60.6 Å². The number of hydrogen-bond acceptors (Lipinski definition) is 5. The van der Waals surface area contributed by atoms with Crippen molar-refractivity contribution in [2.45, 2.75) is 44.6 Å². The Balaban J connectivity index is 2.30. The van der Waals surface area contributed by atoms with E-state index in [2.05, 4.69) is 9.99 Å². The van der Waals surface area contributed by atoms with Gasteiger partial charge in [-0.25, -0.2) is 0 Å². The van der Waals surface area contributed by atoms with E-state index in [1.54, 1.807) is 0 Å². The van der Waals surface area contributed by atoms with Crippen LogP contribution in [0, 0.1) is 0 Å². The average Bonchev–Trinajstić information content (AvgIpc) is 2.69. The first-order valence-corrected chi connectivity index (χ1v) is 11.4. The van der Waals surface area contributed by atoms with Gasteiger partial charge in [0, 0.05) is 18.7 Å². The van der Waals surface area contributed by atoms with Gasteiger partial charge in [0.1, 0.15) is 16.8 Å². The van der Waals surface area contributed by atoms with Crippen LogP contribution in [0.1, 0.15) is 26.2 Å². The second-order valence-corrected chi connectivity index (χ2v) is 8.70. The summed E-state index contributed by atoms with van der Waals surface area (Å²) in [4.78, 5) is 3.64. The number of nitrogens with zero attached hydrogens (tertiary/aromatic N) is 1. The molecule has 0 fully saturated rings. The molecule has 0 N–H and O–H groups in total. The van der Waals surface area contributed by atoms with Gasteiger partial charge in [-0.15, -0.1) is 0 Å². The van der Waals surface area contributed by atoms with Gasteiger partial charge in [-0.3, -0.25) is 0 Å². The molecule has 1 rings (SSSR count). The van der Waals surface area contributed by atoms with E-state index in [1.807, 2.05) is 0 Å². The predicted octanol–water partition coefficient (Wildman–Crippen LogP) is 8.14. The molecule has 200 valence electrons. The quantitative estimate of drug-likeness (QED) is 0.0944. The summed E-state index contributed by atoms with van der Waals surface area (Å²) in [6.45, 7) is 1.51. The molecule has 0 radical (unpaired) electrons. The Morgan fingerprint density at radius 1 is 0.943 bits per heavy atom. The lowest BCUT2D eigenvalue weighted by Gasteiger charge is -2.20. The van der Waals surface area contributed by atoms with E-state index in [0.29, 0.717) is 25.0 Å². The summed E-state index contributed by atoms with van der Waals surface area (Å²) in [6.07, 6.45) is -12.0. The molecular weight excluding hydrogens is 574 g/mol.